The number of aromatic nitrogens is 4. The fourth-order valence-corrected chi connectivity index (χ4v) is 25.4. The average molecular weight is 1710 g/mol. The topological polar surface area (TPSA) is 51.6 Å². The van der Waals surface area contributed by atoms with Crippen molar-refractivity contribution in [2.75, 3.05) is 0 Å². The van der Waals surface area contributed by atoms with Crippen LogP contribution >= 0.6 is 68.0 Å². The molecule has 26 rings (SSSR count). The largest absolute Gasteiger partial charge is 0.228 e. The normalized spacial score (nSPS) is 11.8. The highest BCUT2D eigenvalue weighted by Crippen LogP contribution is 2.49. The second kappa shape index (κ2) is 30.7. The number of nitrogens with zero attached hydrogens (tertiary/aromatic N) is 4. The molecule has 588 valence electrons. The fourth-order valence-electron chi connectivity index (χ4n) is 18.5. The van der Waals surface area contributed by atoms with Crippen LogP contribution in [0, 0.1) is 0 Å². The van der Waals surface area contributed by atoms with E-state index in [2.05, 4.69) is 400 Å². The SMILES string of the molecule is c1ccc(-c2nc(-c3cc(-c4ccc5sc6ccccc6c5c4)cc(-c4ccc5sc6ccccc6c5c4)c3)cc(-c3cccc(-c4cccc5c4sc4ccccc45)c3)n2)cc1.c1ccc(-c2nc(-c3cccc(-c4ccc5sc6ccccc6c5c4)c3)cc(-c3cc(-c4cccc5c4sc4ccccc45)cc(-c4cccc5c4sc4ccccc45)c3)n2)cc1. The number of fused-ring (bicyclic) bond motifs is 18. The fraction of sp³-hybridized carbons (Fsp3) is 0. The molecule has 0 saturated carbocycles. The molecule has 0 atom stereocenters. The maximum Gasteiger partial charge on any atom is 0.160 e. The molecule has 26 aromatic rings. The second-order valence-corrected chi connectivity index (χ2v) is 38.6. The van der Waals surface area contributed by atoms with Crippen molar-refractivity contribution in [2.45, 2.75) is 0 Å². The second-order valence-electron chi connectivity index (χ2n) is 32.2. The van der Waals surface area contributed by atoms with Crippen molar-refractivity contribution in [3.8, 4) is 135 Å². The molecule has 4 nitrogen and oxygen atoms in total. The van der Waals surface area contributed by atoms with Crippen LogP contribution in [0.25, 0.3) is 256 Å². The minimum absolute atomic E-state index is 0.699. The van der Waals surface area contributed by atoms with Crippen molar-refractivity contribution in [1.82, 2.24) is 19.9 Å². The number of hydrogen-bond donors (Lipinski definition) is 0. The molecule has 0 bridgehead atoms. The summed E-state index contributed by atoms with van der Waals surface area (Å²) in [6.07, 6.45) is 0. The van der Waals surface area contributed by atoms with E-state index in [0.29, 0.717) is 11.6 Å². The summed E-state index contributed by atoms with van der Waals surface area (Å²) < 4.78 is 15.6. The minimum Gasteiger partial charge on any atom is -0.228 e. The van der Waals surface area contributed by atoms with Crippen molar-refractivity contribution in [3.05, 3.63) is 413 Å². The van der Waals surface area contributed by atoms with Crippen LogP contribution in [0.3, 0.4) is 0 Å². The third kappa shape index (κ3) is 13.2. The van der Waals surface area contributed by atoms with Gasteiger partial charge in [0.15, 0.2) is 11.6 Å². The van der Waals surface area contributed by atoms with E-state index in [1.54, 1.807) is 0 Å². The van der Waals surface area contributed by atoms with Gasteiger partial charge in [-0.2, -0.15) is 0 Å². The molecular formula is C116H68N4S6. The van der Waals surface area contributed by atoms with Gasteiger partial charge >= 0.3 is 0 Å². The van der Waals surface area contributed by atoms with Gasteiger partial charge in [0.1, 0.15) is 0 Å². The minimum atomic E-state index is 0.699. The number of thiophene rings is 6. The van der Waals surface area contributed by atoms with E-state index in [4.69, 9.17) is 19.9 Å². The van der Waals surface area contributed by atoms with E-state index in [-0.39, 0.29) is 0 Å². The Hall–Kier alpha value is -14.6. The van der Waals surface area contributed by atoms with E-state index < -0.39 is 0 Å². The van der Waals surface area contributed by atoms with E-state index >= 15 is 0 Å². The van der Waals surface area contributed by atoms with Gasteiger partial charge in [-0.3, -0.25) is 0 Å². The van der Waals surface area contributed by atoms with Crippen molar-refractivity contribution in [2.24, 2.45) is 0 Å². The zero-order valence-electron chi connectivity index (χ0n) is 67.5. The zero-order chi connectivity index (χ0) is 82.9. The molecule has 0 aliphatic heterocycles. The van der Waals surface area contributed by atoms with Crippen molar-refractivity contribution in [3.63, 3.8) is 0 Å². The smallest absolute Gasteiger partial charge is 0.160 e. The summed E-state index contributed by atoms with van der Waals surface area (Å²) in [6.45, 7) is 0. The lowest BCUT2D eigenvalue weighted by molar-refractivity contribution is 1.18. The van der Waals surface area contributed by atoms with Crippen LogP contribution in [0.4, 0.5) is 0 Å². The summed E-state index contributed by atoms with van der Waals surface area (Å²) in [4.78, 5) is 21.4. The lowest BCUT2D eigenvalue weighted by atomic mass is 9.93. The molecule has 0 aliphatic carbocycles. The van der Waals surface area contributed by atoms with Gasteiger partial charge in [0.2, 0.25) is 0 Å². The predicted octanol–water partition coefficient (Wildman–Crippen LogP) is 35.2. The monoisotopic (exact) mass is 1710 g/mol. The number of benzene rings is 18. The predicted molar refractivity (Wildman–Crippen MR) is 547 cm³/mol. The van der Waals surface area contributed by atoms with Gasteiger partial charge < -0.3 is 0 Å². The average Bonchev–Trinajstić information content (AvgIpc) is 1.79. The van der Waals surface area contributed by atoms with E-state index in [1.165, 1.54) is 160 Å². The molecule has 126 heavy (non-hydrogen) atoms. The zero-order valence-corrected chi connectivity index (χ0v) is 72.4. The third-order valence-electron chi connectivity index (χ3n) is 24.6. The van der Waals surface area contributed by atoms with Gasteiger partial charge in [0.05, 0.1) is 22.8 Å². The Morgan fingerprint density at radius 1 is 0.127 bits per heavy atom. The van der Waals surface area contributed by atoms with Crippen LogP contribution in [0.1, 0.15) is 0 Å². The van der Waals surface area contributed by atoms with Gasteiger partial charge in [-0.05, 0) is 200 Å². The lowest BCUT2D eigenvalue weighted by Gasteiger charge is -2.14. The van der Waals surface area contributed by atoms with Gasteiger partial charge in [0, 0.05) is 154 Å². The highest BCUT2D eigenvalue weighted by Gasteiger charge is 2.23. The third-order valence-corrected chi connectivity index (χ3v) is 31.7. The van der Waals surface area contributed by atoms with E-state index in [0.717, 1.165) is 84.0 Å². The number of hydrogen-bond acceptors (Lipinski definition) is 10. The summed E-state index contributed by atoms with van der Waals surface area (Å²) in [5.41, 5.74) is 23.8. The standard InChI is InChI=1S/2C58H34N2S3/c1-2-13-35(14-3-1)58-59-50(38-16-10-15-36(29-38)37-27-28-55-49(33-37)46-19-6-7-24-52(46)61-55)34-51(60-58)41-31-39(42-20-11-22-47-44-17-4-8-25-53(44)62-56(42)47)30-40(32-41)43-21-12-23-48-45-18-5-9-26-54(45)63-57(43)48;1-2-12-35(13-3-1)58-59-50(39-15-10-14-38(28-39)43-19-11-20-47-44-16-4-9-23-54(44)63-57(43)47)34-51(60-58)42-30-40(36-24-26-55-48(32-36)45-17-5-7-21-52(45)61-55)29-41(31-42)37-25-27-56-49(33-37)46-18-6-8-22-53(46)62-56/h2*1-34H. The molecule has 0 fully saturated rings. The first kappa shape index (κ1) is 74.1. The molecular weight excluding hydrogens is 1640 g/mol. The molecule has 0 saturated heterocycles. The highest BCUT2D eigenvalue weighted by molar-refractivity contribution is 7.28. The molecule has 8 heterocycles. The summed E-state index contributed by atoms with van der Waals surface area (Å²) in [7, 11) is 0. The Morgan fingerprint density at radius 2 is 0.365 bits per heavy atom. The molecule has 0 unspecified atom stereocenters. The maximum absolute atomic E-state index is 5.40. The van der Waals surface area contributed by atoms with Gasteiger partial charge in [-0.15, -0.1) is 68.0 Å². The Balaban J connectivity index is 0.000000137. The quantitative estimate of drug-likeness (QED) is 0.122. The first-order chi connectivity index (χ1) is 62.3. The van der Waals surface area contributed by atoms with Crippen molar-refractivity contribution in [1.29, 1.82) is 0 Å². The highest BCUT2D eigenvalue weighted by atomic mass is 32.1. The molecule has 8 aromatic heterocycles. The molecule has 18 aromatic carbocycles. The molecule has 0 aliphatic rings. The maximum atomic E-state index is 5.40. The number of rotatable bonds is 12. The summed E-state index contributed by atoms with van der Waals surface area (Å²) >= 11 is 11.2. The first-order valence-corrected chi connectivity index (χ1v) is 47.1. The van der Waals surface area contributed by atoms with E-state index in [1.807, 2.05) is 80.2 Å². The van der Waals surface area contributed by atoms with Crippen molar-refractivity contribution >= 4 is 189 Å². The summed E-state index contributed by atoms with van der Waals surface area (Å²) in [5.74, 6) is 1.40. The van der Waals surface area contributed by atoms with Crippen LogP contribution in [-0.4, -0.2) is 19.9 Å². The first-order valence-electron chi connectivity index (χ1n) is 42.2. The van der Waals surface area contributed by atoms with Crippen molar-refractivity contribution < 1.29 is 0 Å². The van der Waals surface area contributed by atoms with Crippen LogP contribution in [-0.2, 0) is 0 Å². The Morgan fingerprint density at radius 3 is 0.754 bits per heavy atom. The Kier molecular flexibility index (Phi) is 18.1. The molecule has 0 N–H and O–H groups in total. The molecule has 0 radical (unpaired) electrons. The Labute approximate surface area is 749 Å². The van der Waals surface area contributed by atoms with Gasteiger partial charge in [-0.25, -0.2) is 19.9 Å². The molecule has 10 heteroatoms. The van der Waals surface area contributed by atoms with E-state index in [9.17, 15) is 0 Å². The summed E-state index contributed by atoms with van der Waals surface area (Å²) in [5, 5.41) is 15.5. The van der Waals surface area contributed by atoms with Crippen LogP contribution < -0.4 is 0 Å². The van der Waals surface area contributed by atoms with Crippen LogP contribution in [0.2, 0.25) is 0 Å². The van der Waals surface area contributed by atoms with Crippen LogP contribution in [0.5, 0.6) is 0 Å². The van der Waals surface area contributed by atoms with Crippen LogP contribution in [0.15, 0.2) is 413 Å². The van der Waals surface area contributed by atoms with Gasteiger partial charge in [-0.1, -0.05) is 279 Å². The Bertz CT molecular complexity index is 8620. The molecule has 0 spiro atoms. The molecule has 0 amide bonds. The lowest BCUT2D eigenvalue weighted by Crippen LogP contribution is -1.97. The summed E-state index contributed by atoms with van der Waals surface area (Å²) in [6, 6.07) is 150. The van der Waals surface area contributed by atoms with Gasteiger partial charge in [0.25, 0.3) is 0 Å².